The van der Waals surface area contributed by atoms with Crippen LogP contribution in [0.3, 0.4) is 0 Å². The minimum atomic E-state index is 0.0742. The minimum Gasteiger partial charge on any atom is -0.353 e. The summed E-state index contributed by atoms with van der Waals surface area (Å²) in [6.45, 7) is 6.57. The molecule has 3 aromatic rings. The van der Waals surface area contributed by atoms with Gasteiger partial charge >= 0.3 is 0 Å². The second-order valence-corrected chi connectivity index (χ2v) is 8.03. The average Bonchev–Trinajstić information content (AvgIpc) is 3.08. The van der Waals surface area contributed by atoms with Crippen LogP contribution in [0.4, 0.5) is 5.82 Å². The van der Waals surface area contributed by atoms with Gasteiger partial charge in [-0.25, -0.2) is 9.97 Å². The zero-order chi connectivity index (χ0) is 18.6. The van der Waals surface area contributed by atoms with Gasteiger partial charge in [-0.05, 0) is 18.6 Å². The molecule has 0 saturated carbocycles. The maximum absolute atomic E-state index is 12.2. The lowest BCUT2D eigenvalue weighted by molar-refractivity contribution is -0.122. The minimum absolute atomic E-state index is 0.0742. The van der Waals surface area contributed by atoms with E-state index in [9.17, 15) is 4.79 Å². The van der Waals surface area contributed by atoms with Crippen LogP contribution in [0.25, 0.3) is 10.2 Å². The molecule has 6 nitrogen and oxygen atoms in total. The third-order valence-electron chi connectivity index (χ3n) is 4.80. The van der Waals surface area contributed by atoms with Crippen molar-refractivity contribution in [3.8, 4) is 0 Å². The van der Waals surface area contributed by atoms with Gasteiger partial charge < -0.3 is 10.2 Å². The number of fused-ring (bicyclic) bond motifs is 1. The molecule has 0 spiro atoms. The normalized spacial score (nSPS) is 15.2. The summed E-state index contributed by atoms with van der Waals surface area (Å²) >= 11 is 1.70. The Bertz CT molecular complexity index is 919. The molecule has 0 bridgehead atoms. The molecule has 3 heterocycles. The van der Waals surface area contributed by atoms with E-state index in [0.717, 1.165) is 47.8 Å². The largest absolute Gasteiger partial charge is 0.353 e. The van der Waals surface area contributed by atoms with Crippen molar-refractivity contribution >= 4 is 33.3 Å². The SMILES string of the molecule is Cc1cc2c(N3CCN(CC(=O)NCc4ccccc4)CC3)ncnc2s1. The Hall–Kier alpha value is -2.51. The van der Waals surface area contributed by atoms with Crippen LogP contribution < -0.4 is 10.2 Å². The Morgan fingerprint density at radius 2 is 1.93 bits per heavy atom. The first-order valence-corrected chi connectivity index (χ1v) is 10.00. The van der Waals surface area contributed by atoms with E-state index in [1.54, 1.807) is 17.7 Å². The molecule has 0 atom stereocenters. The van der Waals surface area contributed by atoms with Crippen molar-refractivity contribution in [1.29, 1.82) is 0 Å². The zero-order valence-electron chi connectivity index (χ0n) is 15.4. The highest BCUT2D eigenvalue weighted by atomic mass is 32.1. The molecule has 1 aromatic carbocycles. The molecule has 0 aliphatic carbocycles. The van der Waals surface area contributed by atoms with Crippen molar-refractivity contribution in [1.82, 2.24) is 20.2 Å². The molecule has 2 aromatic heterocycles. The summed E-state index contributed by atoms with van der Waals surface area (Å²) in [5.74, 6) is 1.09. The van der Waals surface area contributed by atoms with E-state index < -0.39 is 0 Å². The summed E-state index contributed by atoms with van der Waals surface area (Å²) in [6.07, 6.45) is 1.65. The average molecular weight is 382 g/mol. The number of hydrogen-bond donors (Lipinski definition) is 1. The van der Waals surface area contributed by atoms with Crippen LogP contribution in [-0.2, 0) is 11.3 Å². The summed E-state index contributed by atoms with van der Waals surface area (Å²) < 4.78 is 0. The van der Waals surface area contributed by atoms with Gasteiger partial charge in [-0.15, -0.1) is 11.3 Å². The van der Waals surface area contributed by atoms with E-state index in [1.165, 1.54) is 4.88 Å². The molecule has 4 rings (SSSR count). The number of rotatable bonds is 5. The lowest BCUT2D eigenvalue weighted by Gasteiger charge is -2.35. The number of carbonyl (C=O) groups excluding carboxylic acids is 1. The molecule has 1 aliphatic heterocycles. The van der Waals surface area contributed by atoms with Crippen molar-refractivity contribution < 1.29 is 4.79 Å². The van der Waals surface area contributed by atoms with Gasteiger partial charge in [0.05, 0.1) is 11.9 Å². The van der Waals surface area contributed by atoms with Crippen molar-refractivity contribution in [3.05, 3.63) is 53.2 Å². The number of benzene rings is 1. The molecule has 1 amide bonds. The van der Waals surface area contributed by atoms with E-state index in [-0.39, 0.29) is 5.91 Å². The molecule has 27 heavy (non-hydrogen) atoms. The van der Waals surface area contributed by atoms with Crippen LogP contribution in [0, 0.1) is 6.92 Å². The molecular weight excluding hydrogens is 358 g/mol. The summed E-state index contributed by atoms with van der Waals surface area (Å²) in [5.41, 5.74) is 1.12. The summed E-state index contributed by atoms with van der Waals surface area (Å²) in [5, 5.41) is 4.14. The summed E-state index contributed by atoms with van der Waals surface area (Å²) in [7, 11) is 0. The van der Waals surface area contributed by atoms with Crippen LogP contribution in [-0.4, -0.2) is 53.5 Å². The van der Waals surface area contributed by atoms with Crippen molar-refractivity contribution in [2.45, 2.75) is 13.5 Å². The molecule has 140 valence electrons. The third-order valence-corrected chi connectivity index (χ3v) is 5.76. The summed E-state index contributed by atoms with van der Waals surface area (Å²) in [4.78, 5) is 27.9. The fraction of sp³-hybridized carbons (Fsp3) is 0.350. The van der Waals surface area contributed by atoms with Crippen LogP contribution in [0.2, 0.25) is 0 Å². The molecule has 1 saturated heterocycles. The Morgan fingerprint density at radius 1 is 1.15 bits per heavy atom. The molecule has 1 N–H and O–H groups in total. The topological polar surface area (TPSA) is 61.4 Å². The van der Waals surface area contributed by atoms with Gasteiger partial charge in [0.1, 0.15) is 17.0 Å². The predicted octanol–water partition coefficient (Wildman–Crippen LogP) is 2.44. The zero-order valence-corrected chi connectivity index (χ0v) is 16.2. The highest BCUT2D eigenvalue weighted by Crippen LogP contribution is 2.30. The number of aromatic nitrogens is 2. The van der Waals surface area contributed by atoms with Crippen LogP contribution in [0.15, 0.2) is 42.7 Å². The number of piperazine rings is 1. The number of hydrogen-bond acceptors (Lipinski definition) is 6. The Kier molecular flexibility index (Phi) is 5.31. The highest BCUT2D eigenvalue weighted by Gasteiger charge is 2.21. The maximum atomic E-state index is 12.2. The van der Waals surface area contributed by atoms with Crippen molar-refractivity contribution in [3.63, 3.8) is 0 Å². The first-order chi connectivity index (χ1) is 13.2. The Balaban J connectivity index is 1.30. The van der Waals surface area contributed by atoms with Gasteiger partial charge in [-0.1, -0.05) is 30.3 Å². The van der Waals surface area contributed by atoms with E-state index in [4.69, 9.17) is 0 Å². The lowest BCUT2D eigenvalue weighted by atomic mass is 10.2. The Labute approximate surface area is 162 Å². The third kappa shape index (κ3) is 4.26. The highest BCUT2D eigenvalue weighted by molar-refractivity contribution is 7.18. The van der Waals surface area contributed by atoms with Gasteiger partial charge in [0, 0.05) is 37.6 Å². The smallest absolute Gasteiger partial charge is 0.234 e. The van der Waals surface area contributed by atoms with Gasteiger partial charge in [-0.3, -0.25) is 9.69 Å². The van der Waals surface area contributed by atoms with Crippen LogP contribution in [0.1, 0.15) is 10.4 Å². The number of thiophene rings is 1. The number of nitrogens with one attached hydrogen (secondary N) is 1. The van der Waals surface area contributed by atoms with Gasteiger partial charge in [0.25, 0.3) is 0 Å². The van der Waals surface area contributed by atoms with Crippen molar-refractivity contribution in [2.24, 2.45) is 0 Å². The standard InChI is InChI=1S/C20H23N5OS/c1-15-11-17-19(22-14-23-20(17)27-15)25-9-7-24(8-10-25)13-18(26)21-12-16-5-3-2-4-6-16/h2-6,11,14H,7-10,12-13H2,1H3,(H,21,26). The molecular formula is C20H23N5OS. The molecule has 0 radical (unpaired) electrons. The first kappa shape index (κ1) is 17.9. The second-order valence-electron chi connectivity index (χ2n) is 6.80. The number of anilines is 1. The monoisotopic (exact) mass is 381 g/mol. The van der Waals surface area contributed by atoms with E-state index in [0.29, 0.717) is 13.1 Å². The fourth-order valence-corrected chi connectivity index (χ4v) is 4.23. The van der Waals surface area contributed by atoms with Crippen LogP contribution in [0.5, 0.6) is 0 Å². The number of carbonyl (C=O) groups is 1. The van der Waals surface area contributed by atoms with Gasteiger partial charge in [0.15, 0.2) is 0 Å². The number of nitrogens with zero attached hydrogens (tertiary/aromatic N) is 4. The molecule has 7 heteroatoms. The van der Waals surface area contributed by atoms with Crippen LogP contribution >= 0.6 is 11.3 Å². The van der Waals surface area contributed by atoms with Gasteiger partial charge in [0.2, 0.25) is 5.91 Å². The summed E-state index contributed by atoms with van der Waals surface area (Å²) in [6, 6.07) is 12.2. The number of aryl methyl sites for hydroxylation is 1. The first-order valence-electron chi connectivity index (χ1n) is 9.18. The second kappa shape index (κ2) is 8.02. The maximum Gasteiger partial charge on any atom is 0.234 e. The van der Waals surface area contributed by atoms with E-state index >= 15 is 0 Å². The van der Waals surface area contributed by atoms with Gasteiger partial charge in [-0.2, -0.15) is 0 Å². The molecule has 1 fully saturated rings. The predicted molar refractivity (Wildman–Crippen MR) is 109 cm³/mol. The van der Waals surface area contributed by atoms with E-state index in [1.807, 2.05) is 30.3 Å². The fourth-order valence-electron chi connectivity index (χ4n) is 3.39. The lowest BCUT2D eigenvalue weighted by Crippen LogP contribution is -2.49. The number of amides is 1. The molecule has 1 aliphatic rings. The van der Waals surface area contributed by atoms with E-state index in [2.05, 4.69) is 38.1 Å². The van der Waals surface area contributed by atoms with Crippen molar-refractivity contribution in [2.75, 3.05) is 37.6 Å². The quantitative estimate of drug-likeness (QED) is 0.736. The Morgan fingerprint density at radius 3 is 2.70 bits per heavy atom. The molecule has 0 unspecified atom stereocenters.